The lowest BCUT2D eigenvalue weighted by Gasteiger charge is -2.14. The fraction of sp³-hybridized carbons (Fsp3) is 0.385. The number of carbonyl (C=O) groups excluding carboxylic acids is 1. The van der Waals surface area contributed by atoms with Gasteiger partial charge in [-0.05, 0) is 40.5 Å². The molecule has 0 heterocycles. The van der Waals surface area contributed by atoms with E-state index in [0.29, 0.717) is 16.5 Å². The Morgan fingerprint density at radius 1 is 1.37 bits per heavy atom. The Bertz CT molecular complexity index is 477. The van der Waals surface area contributed by atoms with E-state index in [1.807, 2.05) is 6.92 Å². The molecule has 0 aliphatic carbocycles. The van der Waals surface area contributed by atoms with Gasteiger partial charge in [-0.25, -0.2) is 4.79 Å². The molecule has 1 aromatic carbocycles. The van der Waals surface area contributed by atoms with Gasteiger partial charge in [-0.15, -0.1) is 0 Å². The van der Waals surface area contributed by atoms with Crippen molar-refractivity contribution < 1.29 is 14.7 Å². The second kappa shape index (κ2) is 7.65. The molecule has 0 aromatic heterocycles. The van der Waals surface area contributed by atoms with Crippen LogP contribution in [0.4, 0.5) is 0 Å². The van der Waals surface area contributed by atoms with Gasteiger partial charge in [0.2, 0.25) is 0 Å². The van der Waals surface area contributed by atoms with Gasteiger partial charge in [0, 0.05) is 8.95 Å². The highest BCUT2D eigenvalue weighted by molar-refractivity contribution is 9.11. The number of benzene rings is 1. The number of carbonyl (C=O) groups is 2. The molecule has 0 spiro atoms. The van der Waals surface area contributed by atoms with Crippen LogP contribution in [0.1, 0.15) is 36.5 Å². The van der Waals surface area contributed by atoms with Crippen LogP contribution in [0.15, 0.2) is 27.1 Å². The average Bonchev–Trinajstić information content (AvgIpc) is 2.33. The van der Waals surface area contributed by atoms with Gasteiger partial charge in [-0.2, -0.15) is 0 Å². The van der Waals surface area contributed by atoms with Crippen molar-refractivity contribution in [2.75, 3.05) is 0 Å². The van der Waals surface area contributed by atoms with E-state index < -0.39 is 12.0 Å². The molecule has 4 nitrogen and oxygen atoms in total. The zero-order valence-corrected chi connectivity index (χ0v) is 13.6. The molecule has 1 amide bonds. The molecule has 0 aliphatic rings. The fourth-order valence-corrected chi connectivity index (χ4v) is 2.80. The SMILES string of the molecule is CCCCC(NC(=O)c1ccc(Br)cc1Br)C(=O)O. The molecule has 0 radical (unpaired) electrons. The summed E-state index contributed by atoms with van der Waals surface area (Å²) in [5.74, 6) is -1.39. The summed E-state index contributed by atoms with van der Waals surface area (Å²) >= 11 is 6.59. The topological polar surface area (TPSA) is 66.4 Å². The second-order valence-electron chi connectivity index (χ2n) is 4.13. The molecule has 19 heavy (non-hydrogen) atoms. The molecule has 1 rings (SSSR count). The van der Waals surface area contributed by atoms with Crippen LogP contribution in [0.25, 0.3) is 0 Å². The number of hydrogen-bond donors (Lipinski definition) is 2. The molecule has 1 atom stereocenters. The maximum Gasteiger partial charge on any atom is 0.326 e. The van der Waals surface area contributed by atoms with Crippen molar-refractivity contribution in [3.63, 3.8) is 0 Å². The van der Waals surface area contributed by atoms with Crippen LogP contribution in [0.2, 0.25) is 0 Å². The first-order chi connectivity index (χ1) is 8.95. The van der Waals surface area contributed by atoms with Crippen molar-refractivity contribution in [2.24, 2.45) is 0 Å². The molecule has 6 heteroatoms. The van der Waals surface area contributed by atoms with Crippen LogP contribution in [-0.2, 0) is 4.79 Å². The summed E-state index contributed by atoms with van der Waals surface area (Å²) < 4.78 is 1.47. The number of carboxylic acids is 1. The van der Waals surface area contributed by atoms with Crippen LogP contribution >= 0.6 is 31.9 Å². The smallest absolute Gasteiger partial charge is 0.326 e. The van der Waals surface area contributed by atoms with Crippen molar-refractivity contribution in [1.29, 1.82) is 0 Å². The summed E-state index contributed by atoms with van der Waals surface area (Å²) in [6, 6.07) is 4.28. The Morgan fingerprint density at radius 2 is 2.05 bits per heavy atom. The Balaban J connectivity index is 2.78. The van der Waals surface area contributed by atoms with Gasteiger partial charge < -0.3 is 10.4 Å². The van der Waals surface area contributed by atoms with E-state index in [1.165, 1.54) is 0 Å². The summed E-state index contributed by atoms with van der Waals surface area (Å²) in [5, 5.41) is 11.6. The van der Waals surface area contributed by atoms with Crippen molar-refractivity contribution in [3.05, 3.63) is 32.7 Å². The summed E-state index contributed by atoms with van der Waals surface area (Å²) in [6.07, 6.45) is 2.09. The molecule has 0 fully saturated rings. The molecule has 0 bridgehead atoms. The summed E-state index contributed by atoms with van der Waals surface area (Å²) in [7, 11) is 0. The van der Waals surface area contributed by atoms with Crippen LogP contribution < -0.4 is 5.32 Å². The average molecular weight is 393 g/mol. The fourth-order valence-electron chi connectivity index (χ4n) is 1.58. The van der Waals surface area contributed by atoms with Gasteiger partial charge in [0.25, 0.3) is 5.91 Å². The zero-order chi connectivity index (χ0) is 14.4. The van der Waals surface area contributed by atoms with Gasteiger partial charge in [-0.3, -0.25) is 4.79 Å². The van der Waals surface area contributed by atoms with Crippen molar-refractivity contribution in [2.45, 2.75) is 32.2 Å². The lowest BCUT2D eigenvalue weighted by atomic mass is 10.1. The summed E-state index contributed by atoms with van der Waals surface area (Å²) in [6.45, 7) is 1.98. The van der Waals surface area contributed by atoms with Crippen molar-refractivity contribution in [3.8, 4) is 0 Å². The number of rotatable bonds is 6. The molecule has 0 saturated heterocycles. The molecular weight excluding hydrogens is 378 g/mol. The number of nitrogens with one attached hydrogen (secondary N) is 1. The van der Waals surface area contributed by atoms with E-state index in [-0.39, 0.29) is 5.91 Å². The molecule has 104 valence electrons. The Morgan fingerprint density at radius 3 is 2.58 bits per heavy atom. The maximum atomic E-state index is 12.0. The molecule has 1 unspecified atom stereocenters. The quantitative estimate of drug-likeness (QED) is 0.777. The number of unbranched alkanes of at least 4 members (excludes halogenated alkanes) is 1. The van der Waals surface area contributed by atoms with Gasteiger partial charge in [0.05, 0.1) is 5.56 Å². The number of halogens is 2. The van der Waals surface area contributed by atoms with Crippen LogP contribution in [0.5, 0.6) is 0 Å². The normalized spacial score (nSPS) is 11.9. The molecule has 0 saturated carbocycles. The monoisotopic (exact) mass is 391 g/mol. The Labute approximate surface area is 128 Å². The minimum absolute atomic E-state index is 0.386. The highest BCUT2D eigenvalue weighted by Gasteiger charge is 2.21. The van der Waals surface area contributed by atoms with E-state index in [4.69, 9.17) is 5.11 Å². The number of aliphatic carboxylic acids is 1. The van der Waals surface area contributed by atoms with Gasteiger partial charge in [0.15, 0.2) is 0 Å². The maximum absolute atomic E-state index is 12.0. The summed E-state index contributed by atoms with van der Waals surface area (Å²) in [5.41, 5.74) is 0.422. The minimum atomic E-state index is -1.00. The van der Waals surface area contributed by atoms with Gasteiger partial charge in [0.1, 0.15) is 6.04 Å². The predicted molar refractivity (Wildman–Crippen MR) is 80.3 cm³/mol. The standard InChI is InChI=1S/C13H15Br2NO3/c1-2-3-4-11(13(18)19)16-12(17)9-6-5-8(14)7-10(9)15/h5-7,11H,2-4H2,1H3,(H,16,17)(H,18,19). The van der Waals surface area contributed by atoms with Gasteiger partial charge >= 0.3 is 5.97 Å². The lowest BCUT2D eigenvalue weighted by Crippen LogP contribution is -2.40. The number of carboxylic acid groups (broad SMARTS) is 1. The first-order valence-corrected chi connectivity index (χ1v) is 7.53. The van der Waals surface area contributed by atoms with Crippen LogP contribution in [0, 0.1) is 0 Å². The molecular formula is C13H15Br2NO3. The second-order valence-corrected chi connectivity index (χ2v) is 5.90. The number of amides is 1. The molecule has 0 aliphatic heterocycles. The predicted octanol–water partition coefficient (Wildman–Crippen LogP) is 3.58. The highest BCUT2D eigenvalue weighted by Crippen LogP contribution is 2.22. The van der Waals surface area contributed by atoms with Crippen molar-refractivity contribution in [1.82, 2.24) is 5.32 Å². The molecule has 1 aromatic rings. The van der Waals surface area contributed by atoms with E-state index in [0.717, 1.165) is 17.3 Å². The van der Waals surface area contributed by atoms with Gasteiger partial charge in [-0.1, -0.05) is 35.7 Å². The van der Waals surface area contributed by atoms with E-state index in [2.05, 4.69) is 37.2 Å². The lowest BCUT2D eigenvalue weighted by molar-refractivity contribution is -0.139. The van der Waals surface area contributed by atoms with E-state index in [1.54, 1.807) is 18.2 Å². The first kappa shape index (κ1) is 16.2. The first-order valence-electron chi connectivity index (χ1n) is 5.94. The van der Waals surface area contributed by atoms with Crippen LogP contribution in [0.3, 0.4) is 0 Å². The highest BCUT2D eigenvalue weighted by atomic mass is 79.9. The number of hydrogen-bond acceptors (Lipinski definition) is 2. The van der Waals surface area contributed by atoms with Crippen molar-refractivity contribution >= 4 is 43.7 Å². The van der Waals surface area contributed by atoms with E-state index in [9.17, 15) is 9.59 Å². The molecule has 2 N–H and O–H groups in total. The third kappa shape index (κ3) is 4.95. The van der Waals surface area contributed by atoms with E-state index >= 15 is 0 Å². The minimum Gasteiger partial charge on any atom is -0.480 e. The van der Waals surface area contributed by atoms with Crippen LogP contribution in [-0.4, -0.2) is 23.0 Å². The zero-order valence-electron chi connectivity index (χ0n) is 10.5. The summed E-state index contributed by atoms with van der Waals surface area (Å²) in [4.78, 5) is 23.1. The third-order valence-corrected chi connectivity index (χ3v) is 3.77. The third-order valence-electron chi connectivity index (χ3n) is 2.63. The largest absolute Gasteiger partial charge is 0.480 e. The Kier molecular flexibility index (Phi) is 6.51. The Hall–Kier alpha value is -0.880.